The van der Waals surface area contributed by atoms with Crippen molar-refractivity contribution in [3.8, 4) is 0 Å². The van der Waals surface area contributed by atoms with Crippen LogP contribution in [0.1, 0.15) is 38.3 Å². The Labute approximate surface area is 114 Å². The molecular weight excluding hydrogens is 236 g/mol. The molecule has 0 fully saturated rings. The molecule has 1 aromatic heterocycles. The van der Waals surface area contributed by atoms with Gasteiger partial charge in [0.2, 0.25) is 0 Å². The molecule has 2 aromatic rings. The average molecular weight is 258 g/mol. The van der Waals surface area contributed by atoms with Gasteiger partial charge in [-0.15, -0.1) is 0 Å². The second kappa shape index (κ2) is 5.68. The summed E-state index contributed by atoms with van der Waals surface area (Å²) >= 11 is 0. The Bertz CT molecular complexity index is 541. The van der Waals surface area contributed by atoms with Crippen molar-refractivity contribution in [1.29, 1.82) is 0 Å². The zero-order valence-corrected chi connectivity index (χ0v) is 11.9. The molecule has 102 valence electrons. The summed E-state index contributed by atoms with van der Waals surface area (Å²) in [5, 5.41) is 1.12. The molecule has 0 amide bonds. The lowest BCUT2D eigenvalue weighted by molar-refractivity contribution is -0.0385. The fourth-order valence-corrected chi connectivity index (χ4v) is 2.70. The summed E-state index contributed by atoms with van der Waals surface area (Å²) in [5.74, 6) is 0. The monoisotopic (exact) mass is 258 g/mol. The number of pyridine rings is 1. The second-order valence-electron chi connectivity index (χ2n) is 4.91. The highest BCUT2D eigenvalue weighted by Gasteiger charge is 2.34. The molecule has 0 spiro atoms. The van der Waals surface area contributed by atoms with Gasteiger partial charge in [-0.2, -0.15) is 0 Å². The Hall–Kier alpha value is -1.45. The summed E-state index contributed by atoms with van der Waals surface area (Å²) in [6.45, 7) is 4.24. The Morgan fingerprint density at radius 2 is 2.00 bits per heavy atom. The minimum atomic E-state index is -0.296. The topological polar surface area (TPSA) is 48.1 Å². The predicted octanol–water partition coefficient (Wildman–Crippen LogP) is 3.44. The van der Waals surface area contributed by atoms with Gasteiger partial charge < -0.3 is 10.5 Å². The number of nitrogens with zero attached hydrogens (tertiary/aromatic N) is 1. The van der Waals surface area contributed by atoms with Crippen molar-refractivity contribution in [2.75, 3.05) is 7.11 Å². The number of hydrogen-bond acceptors (Lipinski definition) is 3. The van der Waals surface area contributed by atoms with Gasteiger partial charge in [0.05, 0.1) is 17.2 Å². The van der Waals surface area contributed by atoms with E-state index in [2.05, 4.69) is 37.0 Å². The minimum absolute atomic E-state index is 0.128. The third-order valence-corrected chi connectivity index (χ3v) is 4.16. The van der Waals surface area contributed by atoms with Crippen molar-refractivity contribution < 1.29 is 4.74 Å². The first-order chi connectivity index (χ1) is 9.16. The molecule has 1 unspecified atom stereocenters. The van der Waals surface area contributed by atoms with Crippen LogP contribution in [0.5, 0.6) is 0 Å². The van der Waals surface area contributed by atoms with E-state index in [0.717, 1.165) is 29.3 Å². The van der Waals surface area contributed by atoms with Crippen LogP contribution < -0.4 is 5.73 Å². The van der Waals surface area contributed by atoms with Crippen molar-refractivity contribution in [2.24, 2.45) is 5.73 Å². The van der Waals surface area contributed by atoms with Crippen LogP contribution in [0.25, 0.3) is 10.9 Å². The molecule has 1 atom stereocenters. The third kappa shape index (κ3) is 2.48. The van der Waals surface area contributed by atoms with Gasteiger partial charge in [0.15, 0.2) is 0 Å². The van der Waals surface area contributed by atoms with E-state index >= 15 is 0 Å². The van der Waals surface area contributed by atoms with Gasteiger partial charge in [0, 0.05) is 18.7 Å². The molecule has 0 aliphatic rings. The van der Waals surface area contributed by atoms with Crippen molar-refractivity contribution >= 4 is 10.9 Å². The van der Waals surface area contributed by atoms with Gasteiger partial charge in [-0.25, -0.2) is 0 Å². The number of fused-ring (bicyclic) bond motifs is 1. The summed E-state index contributed by atoms with van der Waals surface area (Å²) in [4.78, 5) is 4.33. The fraction of sp³-hybridized carbons (Fsp3) is 0.438. The first kappa shape index (κ1) is 14.0. The normalized spacial score (nSPS) is 13.7. The summed E-state index contributed by atoms with van der Waals surface area (Å²) in [6, 6.07) is 10.1. The van der Waals surface area contributed by atoms with Crippen LogP contribution in [0, 0.1) is 0 Å². The van der Waals surface area contributed by atoms with E-state index in [1.807, 2.05) is 12.1 Å². The zero-order valence-electron chi connectivity index (χ0n) is 11.9. The lowest BCUT2D eigenvalue weighted by atomic mass is 9.84. The van der Waals surface area contributed by atoms with Gasteiger partial charge in [-0.3, -0.25) is 4.98 Å². The lowest BCUT2D eigenvalue weighted by Gasteiger charge is -2.36. The minimum Gasteiger partial charge on any atom is -0.376 e. The van der Waals surface area contributed by atoms with E-state index in [1.165, 1.54) is 0 Å². The van der Waals surface area contributed by atoms with Gasteiger partial charge in [0.25, 0.3) is 0 Å². The molecule has 0 bridgehead atoms. The van der Waals surface area contributed by atoms with E-state index in [-0.39, 0.29) is 11.6 Å². The lowest BCUT2D eigenvalue weighted by Crippen LogP contribution is -2.42. The molecule has 19 heavy (non-hydrogen) atoms. The average Bonchev–Trinajstić information content (AvgIpc) is 2.49. The molecule has 2 N–H and O–H groups in total. The number of nitrogens with two attached hydrogens (primary N) is 1. The van der Waals surface area contributed by atoms with Crippen LogP contribution in [-0.4, -0.2) is 17.7 Å². The maximum absolute atomic E-state index is 6.45. The second-order valence-corrected chi connectivity index (χ2v) is 4.91. The highest BCUT2D eigenvalue weighted by molar-refractivity contribution is 5.79. The van der Waals surface area contributed by atoms with Crippen LogP contribution in [0.3, 0.4) is 0 Å². The van der Waals surface area contributed by atoms with Crippen LogP contribution >= 0.6 is 0 Å². The number of benzene rings is 1. The molecule has 1 aromatic carbocycles. The molecule has 3 nitrogen and oxygen atoms in total. The number of aromatic nitrogens is 1. The molecule has 1 heterocycles. The highest BCUT2D eigenvalue weighted by atomic mass is 16.5. The molecule has 0 saturated carbocycles. The molecule has 0 saturated heterocycles. The smallest absolute Gasteiger partial charge is 0.0865 e. The number of methoxy groups -OCH3 is 1. The van der Waals surface area contributed by atoms with Crippen molar-refractivity contribution in [3.63, 3.8) is 0 Å². The Kier molecular flexibility index (Phi) is 4.17. The van der Waals surface area contributed by atoms with E-state index in [1.54, 1.807) is 13.3 Å². The Balaban J connectivity index is 2.43. The van der Waals surface area contributed by atoms with E-state index < -0.39 is 0 Å². The molecule has 3 heteroatoms. The van der Waals surface area contributed by atoms with Gasteiger partial charge in [-0.05, 0) is 36.6 Å². The van der Waals surface area contributed by atoms with E-state index in [9.17, 15) is 0 Å². The zero-order chi connectivity index (χ0) is 13.9. The Morgan fingerprint density at radius 3 is 2.63 bits per heavy atom. The Morgan fingerprint density at radius 1 is 1.26 bits per heavy atom. The van der Waals surface area contributed by atoms with Crippen molar-refractivity contribution in [2.45, 2.75) is 38.3 Å². The van der Waals surface area contributed by atoms with Gasteiger partial charge in [0.1, 0.15) is 0 Å². The van der Waals surface area contributed by atoms with Crippen molar-refractivity contribution in [1.82, 2.24) is 4.98 Å². The number of hydrogen-bond donors (Lipinski definition) is 1. The standard InChI is InChI=1S/C16H22N2O/c1-4-16(5-2,19-3)15(17)13-8-9-14-12(11-13)7-6-10-18-14/h6-11,15H,4-5,17H2,1-3H3. The molecule has 0 radical (unpaired) electrons. The molecule has 0 aliphatic heterocycles. The highest BCUT2D eigenvalue weighted by Crippen LogP contribution is 2.33. The summed E-state index contributed by atoms with van der Waals surface area (Å²) in [6.07, 6.45) is 3.60. The first-order valence-corrected chi connectivity index (χ1v) is 6.82. The predicted molar refractivity (Wildman–Crippen MR) is 79.0 cm³/mol. The maximum Gasteiger partial charge on any atom is 0.0865 e. The van der Waals surface area contributed by atoms with Crippen LogP contribution in [0.2, 0.25) is 0 Å². The van der Waals surface area contributed by atoms with Gasteiger partial charge in [-0.1, -0.05) is 26.0 Å². The third-order valence-electron chi connectivity index (χ3n) is 4.16. The molecule has 2 rings (SSSR count). The summed E-state index contributed by atoms with van der Waals surface area (Å²) in [5.41, 5.74) is 8.25. The van der Waals surface area contributed by atoms with Crippen LogP contribution in [-0.2, 0) is 4.74 Å². The quantitative estimate of drug-likeness (QED) is 0.893. The molecule has 0 aliphatic carbocycles. The van der Waals surface area contributed by atoms with Gasteiger partial charge >= 0.3 is 0 Å². The SMILES string of the molecule is CCC(CC)(OC)C(N)c1ccc2ncccc2c1. The number of rotatable bonds is 5. The van der Waals surface area contributed by atoms with E-state index in [4.69, 9.17) is 10.5 Å². The maximum atomic E-state index is 6.45. The largest absolute Gasteiger partial charge is 0.376 e. The van der Waals surface area contributed by atoms with Crippen molar-refractivity contribution in [3.05, 3.63) is 42.1 Å². The number of ether oxygens (including phenoxy) is 1. The molecular formula is C16H22N2O. The van der Waals surface area contributed by atoms with Crippen LogP contribution in [0.15, 0.2) is 36.5 Å². The summed E-state index contributed by atoms with van der Waals surface area (Å²) in [7, 11) is 1.75. The fourth-order valence-electron chi connectivity index (χ4n) is 2.70. The summed E-state index contributed by atoms with van der Waals surface area (Å²) < 4.78 is 5.72. The van der Waals surface area contributed by atoms with E-state index in [0.29, 0.717) is 0 Å². The first-order valence-electron chi connectivity index (χ1n) is 6.82. The van der Waals surface area contributed by atoms with Crippen LogP contribution in [0.4, 0.5) is 0 Å².